The lowest BCUT2D eigenvalue weighted by Crippen LogP contribution is -2.32. The van der Waals surface area contributed by atoms with E-state index in [9.17, 15) is 0 Å². The third-order valence-corrected chi connectivity index (χ3v) is 2.52. The van der Waals surface area contributed by atoms with Crippen LogP contribution in [0.3, 0.4) is 0 Å². The van der Waals surface area contributed by atoms with Crippen LogP contribution in [0.25, 0.3) is 0 Å². The normalized spacial score (nSPS) is 12.2. The monoisotopic (exact) mass is 205 g/mol. The number of nitrogens with one attached hydrogen (secondary N) is 1. The van der Waals surface area contributed by atoms with Crippen molar-refractivity contribution in [2.24, 2.45) is 11.7 Å². The number of nitrogens with two attached hydrogens (primary N) is 1. The van der Waals surface area contributed by atoms with Crippen molar-refractivity contribution in [2.45, 2.75) is 13.8 Å². The van der Waals surface area contributed by atoms with E-state index in [-0.39, 0.29) is 11.8 Å². The van der Waals surface area contributed by atoms with Gasteiger partial charge in [0, 0.05) is 25.2 Å². The molecule has 0 aliphatic rings. The maximum atomic E-state index is 7.35. The van der Waals surface area contributed by atoms with E-state index < -0.39 is 0 Å². The van der Waals surface area contributed by atoms with Crippen LogP contribution in [0.5, 0.6) is 0 Å². The third kappa shape index (κ3) is 3.27. The zero-order valence-corrected chi connectivity index (χ0v) is 9.62. The second kappa shape index (κ2) is 4.82. The van der Waals surface area contributed by atoms with Gasteiger partial charge in [-0.15, -0.1) is 0 Å². The first-order chi connectivity index (χ1) is 7.00. The lowest BCUT2D eigenvalue weighted by molar-refractivity contribution is 0.729. The highest BCUT2D eigenvalue weighted by Crippen LogP contribution is 2.15. The Hall–Kier alpha value is -1.51. The molecule has 1 aromatic rings. The average molecular weight is 205 g/mol. The van der Waals surface area contributed by atoms with Crippen molar-refractivity contribution in [3.05, 3.63) is 29.8 Å². The van der Waals surface area contributed by atoms with Crippen LogP contribution in [-0.4, -0.2) is 19.4 Å². The van der Waals surface area contributed by atoms with Crippen molar-refractivity contribution in [3.63, 3.8) is 0 Å². The highest BCUT2D eigenvalue weighted by molar-refractivity contribution is 5.79. The number of nitrogens with zero attached hydrogens (tertiary/aromatic N) is 1. The highest BCUT2D eigenvalue weighted by Gasteiger charge is 2.09. The molecule has 3 heteroatoms. The Morgan fingerprint density at radius 1 is 1.53 bits per heavy atom. The van der Waals surface area contributed by atoms with E-state index in [4.69, 9.17) is 11.1 Å². The molecular formula is C12H19N3. The van der Waals surface area contributed by atoms with Gasteiger partial charge in [0.15, 0.2) is 0 Å². The molecule has 0 radical (unpaired) electrons. The minimum absolute atomic E-state index is 0.0931. The van der Waals surface area contributed by atoms with E-state index in [1.807, 2.05) is 20.0 Å². The van der Waals surface area contributed by atoms with Crippen LogP contribution in [0.4, 0.5) is 5.69 Å². The van der Waals surface area contributed by atoms with Gasteiger partial charge in [0.25, 0.3) is 0 Å². The number of hydrogen-bond acceptors (Lipinski definition) is 2. The quantitative estimate of drug-likeness (QED) is 0.583. The molecule has 1 atom stereocenters. The summed E-state index contributed by atoms with van der Waals surface area (Å²) in [6, 6.07) is 8.32. The van der Waals surface area contributed by atoms with Gasteiger partial charge in [0.1, 0.15) is 0 Å². The van der Waals surface area contributed by atoms with Crippen molar-refractivity contribution in [3.8, 4) is 0 Å². The summed E-state index contributed by atoms with van der Waals surface area (Å²) >= 11 is 0. The molecule has 0 saturated heterocycles. The third-order valence-electron chi connectivity index (χ3n) is 2.52. The van der Waals surface area contributed by atoms with Crippen molar-refractivity contribution < 1.29 is 0 Å². The Morgan fingerprint density at radius 3 is 2.73 bits per heavy atom. The van der Waals surface area contributed by atoms with Gasteiger partial charge in [-0.2, -0.15) is 0 Å². The summed E-state index contributed by atoms with van der Waals surface area (Å²) in [5.74, 6) is 0.338. The van der Waals surface area contributed by atoms with E-state index in [0.29, 0.717) is 0 Å². The van der Waals surface area contributed by atoms with Crippen molar-refractivity contribution >= 4 is 11.5 Å². The summed E-state index contributed by atoms with van der Waals surface area (Å²) in [5, 5.41) is 7.35. The van der Waals surface area contributed by atoms with Gasteiger partial charge < -0.3 is 10.6 Å². The van der Waals surface area contributed by atoms with E-state index in [2.05, 4.69) is 30.0 Å². The fraction of sp³-hybridized carbons (Fsp3) is 0.417. The molecule has 0 fully saturated rings. The van der Waals surface area contributed by atoms with Crippen molar-refractivity contribution in [2.75, 3.05) is 18.5 Å². The molecule has 0 amide bonds. The average Bonchev–Trinajstić information content (AvgIpc) is 2.17. The first kappa shape index (κ1) is 11.6. The van der Waals surface area contributed by atoms with E-state index in [0.717, 1.165) is 6.54 Å². The zero-order chi connectivity index (χ0) is 11.4. The standard InChI is InChI=1S/C12H19N3/c1-9-5-4-6-11(7-9)15(3)8-10(2)12(13)14/h4-7,10H,8H2,1-3H3,(H3,13,14). The lowest BCUT2D eigenvalue weighted by atomic mass is 10.1. The summed E-state index contributed by atoms with van der Waals surface area (Å²) in [6.07, 6.45) is 0. The second-order valence-corrected chi connectivity index (χ2v) is 4.08. The van der Waals surface area contributed by atoms with Crippen LogP contribution in [0.1, 0.15) is 12.5 Å². The molecule has 82 valence electrons. The molecule has 0 bridgehead atoms. The molecule has 3 nitrogen and oxygen atoms in total. The smallest absolute Gasteiger partial charge is 0.0952 e. The molecule has 15 heavy (non-hydrogen) atoms. The van der Waals surface area contributed by atoms with Gasteiger partial charge in [0.2, 0.25) is 0 Å². The van der Waals surface area contributed by atoms with Gasteiger partial charge in [-0.3, -0.25) is 5.41 Å². The molecule has 0 heterocycles. The highest BCUT2D eigenvalue weighted by atomic mass is 15.1. The number of anilines is 1. The minimum atomic E-state index is 0.0931. The molecule has 0 saturated carbocycles. The number of rotatable bonds is 4. The van der Waals surface area contributed by atoms with Crippen LogP contribution in [0, 0.1) is 18.3 Å². The van der Waals surface area contributed by atoms with Crippen molar-refractivity contribution in [1.29, 1.82) is 5.41 Å². The maximum absolute atomic E-state index is 7.35. The fourth-order valence-corrected chi connectivity index (χ4v) is 1.48. The number of benzene rings is 1. The Balaban J connectivity index is 2.68. The Bertz CT molecular complexity index is 346. The lowest BCUT2D eigenvalue weighted by Gasteiger charge is -2.23. The number of aryl methyl sites for hydroxylation is 1. The van der Waals surface area contributed by atoms with Crippen LogP contribution in [-0.2, 0) is 0 Å². The SMILES string of the molecule is Cc1cccc(N(C)CC(C)C(=N)N)c1. The van der Waals surface area contributed by atoms with Gasteiger partial charge in [-0.25, -0.2) is 0 Å². The van der Waals surface area contributed by atoms with Gasteiger partial charge in [-0.1, -0.05) is 19.1 Å². The summed E-state index contributed by atoms with van der Waals surface area (Å²) in [7, 11) is 2.02. The zero-order valence-electron chi connectivity index (χ0n) is 9.62. The first-order valence-corrected chi connectivity index (χ1v) is 5.12. The summed E-state index contributed by atoms with van der Waals surface area (Å²) in [5.41, 5.74) is 7.86. The minimum Gasteiger partial charge on any atom is -0.387 e. The van der Waals surface area contributed by atoms with Crippen LogP contribution in [0.2, 0.25) is 0 Å². The van der Waals surface area contributed by atoms with Crippen LogP contribution >= 0.6 is 0 Å². The molecule has 0 aliphatic heterocycles. The fourth-order valence-electron chi connectivity index (χ4n) is 1.48. The summed E-state index contributed by atoms with van der Waals surface area (Å²) in [4.78, 5) is 2.12. The molecule has 1 rings (SSSR count). The van der Waals surface area contributed by atoms with Crippen LogP contribution < -0.4 is 10.6 Å². The van der Waals surface area contributed by atoms with E-state index >= 15 is 0 Å². The predicted octanol–water partition coefficient (Wildman–Crippen LogP) is 2.00. The Kier molecular flexibility index (Phi) is 3.72. The van der Waals surface area contributed by atoms with Gasteiger partial charge >= 0.3 is 0 Å². The number of amidine groups is 1. The molecule has 1 unspecified atom stereocenters. The largest absolute Gasteiger partial charge is 0.387 e. The molecular weight excluding hydrogens is 186 g/mol. The van der Waals surface area contributed by atoms with E-state index in [1.54, 1.807) is 0 Å². The summed E-state index contributed by atoms with van der Waals surface area (Å²) in [6.45, 7) is 4.82. The molecule has 1 aromatic carbocycles. The van der Waals surface area contributed by atoms with E-state index in [1.165, 1.54) is 11.3 Å². The summed E-state index contributed by atoms with van der Waals surface area (Å²) < 4.78 is 0. The molecule has 0 spiro atoms. The predicted molar refractivity (Wildman–Crippen MR) is 65.5 cm³/mol. The molecule has 0 aliphatic carbocycles. The van der Waals surface area contributed by atoms with Crippen molar-refractivity contribution in [1.82, 2.24) is 0 Å². The Morgan fingerprint density at radius 2 is 2.20 bits per heavy atom. The topological polar surface area (TPSA) is 53.1 Å². The first-order valence-electron chi connectivity index (χ1n) is 5.12. The van der Waals surface area contributed by atoms with Gasteiger partial charge in [-0.05, 0) is 24.6 Å². The van der Waals surface area contributed by atoms with Gasteiger partial charge in [0.05, 0.1) is 5.84 Å². The van der Waals surface area contributed by atoms with Crippen LogP contribution in [0.15, 0.2) is 24.3 Å². The number of hydrogen-bond donors (Lipinski definition) is 2. The molecule has 0 aromatic heterocycles. The Labute approximate surface area is 91.4 Å². The molecule has 3 N–H and O–H groups in total. The maximum Gasteiger partial charge on any atom is 0.0952 e. The second-order valence-electron chi connectivity index (χ2n) is 4.08.